The van der Waals surface area contributed by atoms with Crippen LogP contribution in [0.4, 0.5) is 15.8 Å². The van der Waals surface area contributed by atoms with E-state index in [0.29, 0.717) is 5.69 Å². The van der Waals surface area contributed by atoms with Crippen LogP contribution in [0.2, 0.25) is 0 Å². The third kappa shape index (κ3) is 5.48. The number of amides is 2. The average molecular weight is 423 g/mol. The number of halogens is 1. The molecule has 0 bridgehead atoms. The summed E-state index contributed by atoms with van der Waals surface area (Å²) in [4.78, 5) is 25.6. The predicted molar refractivity (Wildman–Crippen MR) is 121 cm³/mol. The number of rotatable bonds is 7. The Hall–Kier alpha value is -3.12. The molecular formula is C24H23FN2O2S. The van der Waals surface area contributed by atoms with Gasteiger partial charge < -0.3 is 10.6 Å². The molecule has 2 amide bonds. The van der Waals surface area contributed by atoms with Gasteiger partial charge in [-0.05, 0) is 54.8 Å². The molecule has 2 N–H and O–H groups in total. The Kier molecular flexibility index (Phi) is 7.25. The minimum atomic E-state index is -0.570. The largest absolute Gasteiger partial charge is 0.325 e. The number of thioether (sulfide) groups is 1. The van der Waals surface area contributed by atoms with Crippen molar-refractivity contribution >= 4 is 35.0 Å². The van der Waals surface area contributed by atoms with Crippen LogP contribution in [0.25, 0.3) is 0 Å². The van der Waals surface area contributed by atoms with Crippen molar-refractivity contribution in [3.63, 3.8) is 0 Å². The van der Waals surface area contributed by atoms with Crippen LogP contribution in [0.5, 0.6) is 0 Å². The Morgan fingerprint density at radius 3 is 2.50 bits per heavy atom. The van der Waals surface area contributed by atoms with Gasteiger partial charge in [0.1, 0.15) is 5.82 Å². The van der Waals surface area contributed by atoms with Gasteiger partial charge in [0, 0.05) is 16.3 Å². The molecule has 6 heteroatoms. The first-order chi connectivity index (χ1) is 14.5. The van der Waals surface area contributed by atoms with Gasteiger partial charge in [-0.15, -0.1) is 11.8 Å². The number of carbonyl (C=O) groups excluding carboxylic acids is 2. The van der Waals surface area contributed by atoms with E-state index in [1.807, 2.05) is 31.2 Å². The minimum Gasteiger partial charge on any atom is -0.325 e. The normalized spacial score (nSPS) is 10.5. The van der Waals surface area contributed by atoms with E-state index in [0.717, 1.165) is 28.1 Å². The van der Waals surface area contributed by atoms with E-state index in [9.17, 15) is 14.0 Å². The summed E-state index contributed by atoms with van der Waals surface area (Å²) in [7, 11) is 0. The van der Waals surface area contributed by atoms with E-state index in [1.54, 1.807) is 24.3 Å². The molecule has 0 fully saturated rings. The second kappa shape index (κ2) is 10.1. The van der Waals surface area contributed by atoms with Crippen molar-refractivity contribution < 1.29 is 14.0 Å². The Morgan fingerprint density at radius 1 is 0.967 bits per heavy atom. The van der Waals surface area contributed by atoms with Gasteiger partial charge in [0.25, 0.3) is 5.91 Å². The van der Waals surface area contributed by atoms with Crippen molar-refractivity contribution in [2.24, 2.45) is 0 Å². The molecule has 0 radical (unpaired) electrons. The molecule has 0 aliphatic heterocycles. The molecule has 3 aromatic carbocycles. The Morgan fingerprint density at radius 2 is 1.73 bits per heavy atom. The molecule has 0 saturated heterocycles. The van der Waals surface area contributed by atoms with E-state index in [2.05, 4.69) is 17.6 Å². The lowest BCUT2D eigenvalue weighted by molar-refractivity contribution is -0.113. The maximum absolute atomic E-state index is 13.8. The second-order valence-electron chi connectivity index (χ2n) is 6.76. The highest BCUT2D eigenvalue weighted by atomic mass is 32.2. The Bertz CT molecular complexity index is 1070. The maximum atomic E-state index is 13.8. The van der Waals surface area contributed by atoms with E-state index in [-0.39, 0.29) is 17.2 Å². The van der Waals surface area contributed by atoms with Crippen LogP contribution >= 0.6 is 11.8 Å². The number of aryl methyl sites for hydroxylation is 2. The van der Waals surface area contributed by atoms with E-state index < -0.39 is 11.7 Å². The first-order valence-corrected chi connectivity index (χ1v) is 10.6. The summed E-state index contributed by atoms with van der Waals surface area (Å²) in [6, 6.07) is 18.9. The van der Waals surface area contributed by atoms with E-state index in [4.69, 9.17) is 0 Å². The summed E-state index contributed by atoms with van der Waals surface area (Å²) < 4.78 is 13.8. The first kappa shape index (κ1) is 21.6. The van der Waals surface area contributed by atoms with Crippen LogP contribution < -0.4 is 10.6 Å². The van der Waals surface area contributed by atoms with Crippen LogP contribution in [-0.2, 0) is 11.2 Å². The molecule has 3 rings (SSSR count). The number of hydrogen-bond acceptors (Lipinski definition) is 3. The Labute approximate surface area is 179 Å². The molecule has 0 aromatic heterocycles. The van der Waals surface area contributed by atoms with Gasteiger partial charge in [0.05, 0.1) is 11.3 Å². The molecule has 0 aliphatic rings. The molecule has 30 heavy (non-hydrogen) atoms. The van der Waals surface area contributed by atoms with Crippen LogP contribution in [-0.4, -0.2) is 17.6 Å². The van der Waals surface area contributed by atoms with Crippen molar-refractivity contribution in [3.05, 3.63) is 89.2 Å². The van der Waals surface area contributed by atoms with Gasteiger partial charge in [-0.3, -0.25) is 9.59 Å². The number of nitrogens with one attached hydrogen (secondary N) is 2. The maximum Gasteiger partial charge on any atom is 0.258 e. The molecule has 4 nitrogen and oxygen atoms in total. The summed E-state index contributed by atoms with van der Waals surface area (Å²) >= 11 is 1.37. The lowest BCUT2D eigenvalue weighted by atomic mass is 10.1. The monoisotopic (exact) mass is 422 g/mol. The standard InChI is InChI=1S/C24H23FN2O2S/c1-3-17-9-6-8-16(2)23(17)27-22(28)15-30-19-11-7-10-18(14-19)26-24(29)20-12-4-5-13-21(20)25/h4-14H,3,15H2,1-2H3,(H,26,29)(H,27,28). The SMILES string of the molecule is CCc1cccc(C)c1NC(=O)CSc1cccc(NC(=O)c2ccccc2F)c1. The highest BCUT2D eigenvalue weighted by molar-refractivity contribution is 8.00. The number of hydrogen-bond donors (Lipinski definition) is 2. The fraction of sp³-hybridized carbons (Fsp3) is 0.167. The highest BCUT2D eigenvalue weighted by Gasteiger charge is 2.12. The van der Waals surface area contributed by atoms with Crippen molar-refractivity contribution in [1.82, 2.24) is 0 Å². The lowest BCUT2D eigenvalue weighted by Gasteiger charge is -2.13. The van der Waals surface area contributed by atoms with E-state index >= 15 is 0 Å². The number of carbonyl (C=O) groups is 2. The van der Waals surface area contributed by atoms with Crippen LogP contribution in [0.1, 0.15) is 28.4 Å². The van der Waals surface area contributed by atoms with Gasteiger partial charge in [-0.25, -0.2) is 4.39 Å². The molecule has 154 valence electrons. The number of para-hydroxylation sites is 1. The number of anilines is 2. The predicted octanol–water partition coefficient (Wildman–Crippen LogP) is 5.68. The quantitative estimate of drug-likeness (QED) is 0.482. The van der Waals surface area contributed by atoms with Crippen molar-refractivity contribution in [3.8, 4) is 0 Å². The zero-order valence-corrected chi connectivity index (χ0v) is 17.7. The molecule has 0 spiro atoms. The summed E-state index contributed by atoms with van der Waals surface area (Å²) in [6.07, 6.45) is 0.841. The van der Waals surface area contributed by atoms with Crippen LogP contribution in [0, 0.1) is 12.7 Å². The lowest BCUT2D eigenvalue weighted by Crippen LogP contribution is -2.16. The molecule has 0 aliphatic carbocycles. The molecule has 0 atom stereocenters. The average Bonchev–Trinajstić information content (AvgIpc) is 2.74. The highest BCUT2D eigenvalue weighted by Crippen LogP contribution is 2.24. The first-order valence-electron chi connectivity index (χ1n) is 9.65. The topological polar surface area (TPSA) is 58.2 Å². The molecule has 0 saturated carbocycles. The zero-order valence-electron chi connectivity index (χ0n) is 16.9. The third-order valence-corrected chi connectivity index (χ3v) is 5.58. The summed E-state index contributed by atoms with van der Waals surface area (Å²) in [6.45, 7) is 4.03. The summed E-state index contributed by atoms with van der Waals surface area (Å²) in [5.74, 6) is -0.938. The third-order valence-electron chi connectivity index (χ3n) is 4.58. The summed E-state index contributed by atoms with van der Waals surface area (Å²) in [5.41, 5.74) is 3.54. The Balaban J connectivity index is 1.61. The molecular weight excluding hydrogens is 399 g/mol. The zero-order chi connectivity index (χ0) is 21.5. The summed E-state index contributed by atoms with van der Waals surface area (Å²) in [5, 5.41) is 5.70. The second-order valence-corrected chi connectivity index (χ2v) is 7.81. The van der Waals surface area contributed by atoms with Gasteiger partial charge in [0.2, 0.25) is 5.91 Å². The molecule has 0 unspecified atom stereocenters. The van der Waals surface area contributed by atoms with Crippen molar-refractivity contribution in [1.29, 1.82) is 0 Å². The fourth-order valence-corrected chi connectivity index (χ4v) is 3.79. The smallest absolute Gasteiger partial charge is 0.258 e. The molecule has 0 heterocycles. The van der Waals surface area contributed by atoms with Gasteiger partial charge in [-0.1, -0.05) is 43.3 Å². The fourth-order valence-electron chi connectivity index (χ4n) is 3.03. The van der Waals surface area contributed by atoms with E-state index in [1.165, 1.54) is 30.0 Å². The minimum absolute atomic E-state index is 0.0140. The van der Waals surface area contributed by atoms with Gasteiger partial charge in [-0.2, -0.15) is 0 Å². The van der Waals surface area contributed by atoms with Crippen molar-refractivity contribution in [2.75, 3.05) is 16.4 Å². The molecule has 3 aromatic rings. The van der Waals surface area contributed by atoms with Gasteiger partial charge >= 0.3 is 0 Å². The van der Waals surface area contributed by atoms with Gasteiger partial charge in [0.15, 0.2) is 0 Å². The van der Waals surface area contributed by atoms with Crippen molar-refractivity contribution in [2.45, 2.75) is 25.2 Å². The number of benzene rings is 3. The van der Waals surface area contributed by atoms with Crippen LogP contribution in [0.3, 0.4) is 0 Å². The van der Waals surface area contributed by atoms with Crippen LogP contribution in [0.15, 0.2) is 71.6 Å².